The second-order valence-corrected chi connectivity index (χ2v) is 5.45. The summed E-state index contributed by atoms with van der Waals surface area (Å²) in [5.74, 6) is 0.304. The zero-order valence-corrected chi connectivity index (χ0v) is 10.2. The quantitative estimate of drug-likeness (QED) is 0.688. The number of nitrogens with two attached hydrogens (primary N) is 1. The first-order valence-corrected chi connectivity index (χ1v) is 5.35. The number of hydrogen-bond acceptors (Lipinski definition) is 5. The molecule has 0 aromatic carbocycles. The molecule has 2 rings (SSSR count). The van der Waals surface area contributed by atoms with Crippen molar-refractivity contribution in [1.29, 1.82) is 0 Å². The maximum absolute atomic E-state index is 5.61. The fourth-order valence-corrected chi connectivity index (χ4v) is 2.39. The number of rotatable bonds is 1. The van der Waals surface area contributed by atoms with E-state index in [0.29, 0.717) is 19.1 Å². The predicted octanol–water partition coefficient (Wildman–Crippen LogP) is 0.0697. The highest BCUT2D eigenvalue weighted by Crippen LogP contribution is 2.26. The Balaban J connectivity index is 2.41. The van der Waals surface area contributed by atoms with Crippen LogP contribution in [0, 0.1) is 0 Å². The van der Waals surface area contributed by atoms with E-state index in [1.807, 2.05) is 0 Å². The second kappa shape index (κ2) is 3.35. The van der Waals surface area contributed by atoms with E-state index in [1.165, 1.54) is 0 Å². The molecule has 0 atom stereocenters. The van der Waals surface area contributed by atoms with Gasteiger partial charge in [-0.25, -0.2) is 0 Å². The van der Waals surface area contributed by atoms with Gasteiger partial charge in [-0.2, -0.15) is 0 Å². The third kappa shape index (κ3) is 1.73. The fraction of sp³-hybridized carbons (Fsp3) is 0.800. The van der Waals surface area contributed by atoms with Gasteiger partial charge in [-0.15, -0.1) is 5.01 Å². The largest absolute Gasteiger partial charge is 0.376 e. The van der Waals surface area contributed by atoms with Crippen LogP contribution >= 0.6 is 0 Å². The summed E-state index contributed by atoms with van der Waals surface area (Å²) >= 11 is 0. The summed E-state index contributed by atoms with van der Waals surface area (Å²) in [5.41, 5.74) is 5.24. The first kappa shape index (κ1) is 11.2. The molecule has 1 aromatic rings. The Morgan fingerprint density at radius 3 is 2.31 bits per heavy atom. The Kier molecular flexibility index (Phi) is 2.34. The van der Waals surface area contributed by atoms with Crippen LogP contribution in [0.4, 0.5) is 5.88 Å². The van der Waals surface area contributed by atoms with E-state index in [-0.39, 0.29) is 11.1 Å². The summed E-state index contributed by atoms with van der Waals surface area (Å²) in [5, 5.41) is 6.05. The topological polar surface area (TPSA) is 68.4 Å². The van der Waals surface area contributed by atoms with E-state index in [1.54, 1.807) is 11.0 Å². The van der Waals surface area contributed by atoms with E-state index in [4.69, 9.17) is 15.0 Å². The lowest BCUT2D eigenvalue weighted by molar-refractivity contribution is -0.775. The Morgan fingerprint density at radius 1 is 1.31 bits per heavy atom. The molecule has 0 radical (unpaired) electrons. The van der Waals surface area contributed by atoms with Gasteiger partial charge in [0.15, 0.2) is 0 Å². The molecule has 0 bridgehead atoms. The van der Waals surface area contributed by atoms with E-state index in [0.717, 1.165) is 0 Å². The molecule has 0 aliphatic carbocycles. The molecule has 2 heterocycles. The SMILES string of the molecule is CC1(C)COCC(C)(C)N1[n+]1cc(N)on1. The maximum Gasteiger partial charge on any atom is 0.296 e. The van der Waals surface area contributed by atoms with E-state index < -0.39 is 0 Å². The molecule has 1 fully saturated rings. The molecule has 1 aromatic heterocycles. The van der Waals surface area contributed by atoms with Crippen molar-refractivity contribution in [2.75, 3.05) is 24.0 Å². The molecular formula is C10H19N4O2+. The highest BCUT2D eigenvalue weighted by molar-refractivity contribution is 5.13. The Hall–Kier alpha value is -1.30. The van der Waals surface area contributed by atoms with E-state index in [2.05, 4.69) is 38.0 Å². The zero-order valence-electron chi connectivity index (χ0n) is 10.2. The molecule has 1 aliphatic heterocycles. The van der Waals surface area contributed by atoms with Gasteiger partial charge in [-0.3, -0.25) is 4.52 Å². The van der Waals surface area contributed by atoms with Crippen LogP contribution in [0.1, 0.15) is 27.7 Å². The lowest BCUT2D eigenvalue weighted by Crippen LogP contribution is -2.79. The highest BCUT2D eigenvalue weighted by Gasteiger charge is 2.49. The van der Waals surface area contributed by atoms with Crippen molar-refractivity contribution in [2.24, 2.45) is 0 Å². The first-order valence-electron chi connectivity index (χ1n) is 5.35. The predicted molar refractivity (Wildman–Crippen MR) is 58.3 cm³/mol. The normalized spacial score (nSPS) is 23.4. The molecule has 1 saturated heterocycles. The monoisotopic (exact) mass is 227 g/mol. The molecule has 6 nitrogen and oxygen atoms in total. The average Bonchev–Trinajstić information content (AvgIpc) is 2.48. The van der Waals surface area contributed by atoms with Crippen LogP contribution in [0.2, 0.25) is 0 Å². The van der Waals surface area contributed by atoms with Crippen molar-refractivity contribution < 1.29 is 14.1 Å². The Labute approximate surface area is 94.9 Å². The van der Waals surface area contributed by atoms with Crippen LogP contribution in [0.25, 0.3) is 0 Å². The Bertz CT molecular complexity index is 370. The summed E-state index contributed by atoms with van der Waals surface area (Å²) in [6.07, 6.45) is 1.68. The maximum atomic E-state index is 5.61. The zero-order chi connectivity index (χ0) is 12.0. The average molecular weight is 227 g/mol. The molecule has 90 valence electrons. The molecule has 0 amide bonds. The lowest BCUT2D eigenvalue weighted by Gasteiger charge is -2.45. The Morgan fingerprint density at radius 2 is 1.88 bits per heavy atom. The van der Waals surface area contributed by atoms with Gasteiger partial charge in [-0.05, 0) is 27.7 Å². The molecule has 0 unspecified atom stereocenters. The number of nitrogen functional groups attached to an aromatic ring is 1. The highest BCUT2D eigenvalue weighted by atomic mass is 16.5. The van der Waals surface area contributed by atoms with Crippen LogP contribution < -0.4 is 15.5 Å². The van der Waals surface area contributed by atoms with Gasteiger partial charge in [0.05, 0.1) is 18.0 Å². The summed E-state index contributed by atoms with van der Waals surface area (Å²) in [4.78, 5) is 1.66. The number of aromatic nitrogens is 2. The molecule has 0 saturated carbocycles. The summed E-state index contributed by atoms with van der Waals surface area (Å²) in [6.45, 7) is 9.71. The standard InChI is InChI=1S/C10H19N4O2/c1-9(2)6-15-7-10(3,4)14(9)13-5-8(11)16-12-13/h5H,6-7,11H2,1-4H3/q+1. The summed E-state index contributed by atoms with van der Waals surface area (Å²) in [6, 6.07) is 0. The third-order valence-corrected chi connectivity index (χ3v) is 2.73. The molecule has 0 spiro atoms. The van der Waals surface area contributed by atoms with Crippen molar-refractivity contribution in [3.63, 3.8) is 0 Å². The smallest absolute Gasteiger partial charge is 0.296 e. The lowest BCUT2D eigenvalue weighted by atomic mass is 9.94. The fourth-order valence-electron chi connectivity index (χ4n) is 2.39. The van der Waals surface area contributed by atoms with Crippen molar-refractivity contribution in [2.45, 2.75) is 38.8 Å². The number of anilines is 1. The summed E-state index contributed by atoms with van der Waals surface area (Å²) < 4.78 is 10.5. The summed E-state index contributed by atoms with van der Waals surface area (Å²) in [7, 11) is 0. The molecule has 1 aliphatic rings. The minimum Gasteiger partial charge on any atom is -0.376 e. The number of hydrogen-bond donors (Lipinski definition) is 1. The molecule has 16 heavy (non-hydrogen) atoms. The molecule has 6 heteroatoms. The van der Waals surface area contributed by atoms with Gasteiger partial charge in [0.25, 0.3) is 12.1 Å². The van der Waals surface area contributed by atoms with Crippen molar-refractivity contribution in [3.05, 3.63) is 6.20 Å². The van der Waals surface area contributed by atoms with Crippen LogP contribution in [-0.4, -0.2) is 29.6 Å². The van der Waals surface area contributed by atoms with Gasteiger partial charge < -0.3 is 10.5 Å². The van der Waals surface area contributed by atoms with E-state index in [9.17, 15) is 0 Å². The first-order chi connectivity index (χ1) is 7.33. The van der Waals surface area contributed by atoms with Gasteiger partial charge in [-0.1, -0.05) is 0 Å². The number of ether oxygens (including phenoxy) is 1. The van der Waals surface area contributed by atoms with Crippen LogP contribution in [-0.2, 0) is 4.74 Å². The molecule has 2 N–H and O–H groups in total. The van der Waals surface area contributed by atoms with Crippen LogP contribution in [0.15, 0.2) is 10.7 Å². The minimum atomic E-state index is -0.157. The van der Waals surface area contributed by atoms with Gasteiger partial charge in [0, 0.05) is 0 Å². The van der Waals surface area contributed by atoms with Crippen molar-refractivity contribution in [1.82, 2.24) is 5.27 Å². The minimum absolute atomic E-state index is 0.157. The van der Waals surface area contributed by atoms with Crippen LogP contribution in [0.3, 0.4) is 0 Å². The second-order valence-electron chi connectivity index (χ2n) is 5.45. The third-order valence-electron chi connectivity index (χ3n) is 2.73. The van der Waals surface area contributed by atoms with Gasteiger partial charge in [0.1, 0.15) is 11.1 Å². The van der Waals surface area contributed by atoms with Crippen LogP contribution in [0.5, 0.6) is 0 Å². The van der Waals surface area contributed by atoms with Gasteiger partial charge in [0.2, 0.25) is 5.27 Å². The van der Waals surface area contributed by atoms with Crippen molar-refractivity contribution >= 4 is 5.88 Å². The van der Waals surface area contributed by atoms with Crippen molar-refractivity contribution in [3.8, 4) is 0 Å². The number of nitrogens with zero attached hydrogens (tertiary/aromatic N) is 3. The number of morpholine rings is 1. The molecular weight excluding hydrogens is 208 g/mol. The van der Waals surface area contributed by atoms with E-state index >= 15 is 0 Å². The van der Waals surface area contributed by atoms with Gasteiger partial charge >= 0.3 is 0 Å².